The second-order valence-electron chi connectivity index (χ2n) is 11.3. The van der Waals surface area contributed by atoms with Gasteiger partial charge in [0.05, 0.1) is 23.7 Å². The Balaban J connectivity index is 1.58. The first kappa shape index (κ1) is 27.7. The standard InChI is InChI=1S/C27H38N4O4S2/c1-26(2,3)35-25(33)30(15-19-9-8-12-34-19)14-18-10-11-20-21(13-18)31-16-22(37-24(31)28-20)23(32)29(6)17-27(4,5)36-7/h10-11,13,16,19H,8-9,12,14-15,17H2,1-7H3. The lowest BCUT2D eigenvalue weighted by atomic mass is 10.1. The Bertz CT molecular complexity index is 1270. The van der Waals surface area contributed by atoms with E-state index >= 15 is 0 Å². The van der Waals surface area contributed by atoms with E-state index in [2.05, 4.69) is 20.1 Å². The molecule has 37 heavy (non-hydrogen) atoms. The minimum absolute atomic E-state index is 0.00501. The van der Waals surface area contributed by atoms with Crippen molar-refractivity contribution in [2.24, 2.45) is 0 Å². The highest BCUT2D eigenvalue weighted by Gasteiger charge is 2.28. The summed E-state index contributed by atoms with van der Waals surface area (Å²) in [6.07, 6.45) is 5.57. The highest BCUT2D eigenvalue weighted by molar-refractivity contribution is 7.99. The van der Waals surface area contributed by atoms with Crippen LogP contribution in [-0.2, 0) is 16.0 Å². The van der Waals surface area contributed by atoms with Gasteiger partial charge in [-0.15, -0.1) is 0 Å². The number of hydrogen-bond donors (Lipinski definition) is 0. The lowest BCUT2D eigenvalue weighted by molar-refractivity contribution is 0.00860. The molecule has 0 N–H and O–H groups in total. The number of rotatable bonds is 8. The Morgan fingerprint density at radius 1 is 1.27 bits per heavy atom. The van der Waals surface area contributed by atoms with Crippen molar-refractivity contribution in [3.05, 3.63) is 34.8 Å². The molecule has 1 unspecified atom stereocenters. The number of nitrogens with zero attached hydrogens (tertiary/aromatic N) is 4. The monoisotopic (exact) mass is 546 g/mol. The predicted molar refractivity (Wildman–Crippen MR) is 151 cm³/mol. The third-order valence-electron chi connectivity index (χ3n) is 6.37. The van der Waals surface area contributed by atoms with Crippen LogP contribution < -0.4 is 0 Å². The Hall–Kier alpha value is -2.30. The van der Waals surface area contributed by atoms with Gasteiger partial charge in [-0.2, -0.15) is 11.8 Å². The molecule has 8 nitrogen and oxygen atoms in total. The van der Waals surface area contributed by atoms with E-state index in [1.165, 1.54) is 11.3 Å². The molecule has 0 saturated carbocycles. The molecule has 2 aromatic heterocycles. The summed E-state index contributed by atoms with van der Waals surface area (Å²) in [6.45, 7) is 12.2. The number of thiazole rings is 1. The molecule has 1 aliphatic heterocycles. The largest absolute Gasteiger partial charge is 0.444 e. The first-order valence-corrected chi connectivity index (χ1v) is 14.7. The molecule has 0 aliphatic carbocycles. The average Bonchev–Trinajstić information content (AvgIpc) is 3.53. The topological polar surface area (TPSA) is 76.4 Å². The molecule has 1 saturated heterocycles. The molecule has 4 rings (SSSR count). The molecule has 2 amide bonds. The van der Waals surface area contributed by atoms with Crippen molar-refractivity contribution in [1.82, 2.24) is 19.2 Å². The summed E-state index contributed by atoms with van der Waals surface area (Å²) in [4.78, 5) is 35.8. The van der Waals surface area contributed by atoms with Gasteiger partial charge < -0.3 is 19.3 Å². The van der Waals surface area contributed by atoms with Crippen molar-refractivity contribution < 1.29 is 19.1 Å². The van der Waals surface area contributed by atoms with E-state index in [1.807, 2.05) is 56.6 Å². The molecule has 0 radical (unpaired) electrons. The van der Waals surface area contributed by atoms with Crippen LogP contribution >= 0.6 is 23.1 Å². The van der Waals surface area contributed by atoms with Gasteiger partial charge in [0.1, 0.15) is 10.5 Å². The van der Waals surface area contributed by atoms with Crippen molar-refractivity contribution in [2.45, 2.75) is 70.5 Å². The Morgan fingerprint density at radius 3 is 2.68 bits per heavy atom. The summed E-state index contributed by atoms with van der Waals surface area (Å²) in [5, 5.41) is 0. The van der Waals surface area contributed by atoms with Crippen LogP contribution in [0.5, 0.6) is 0 Å². The summed E-state index contributed by atoms with van der Waals surface area (Å²) in [6, 6.07) is 6.01. The number of aromatic nitrogens is 2. The van der Waals surface area contributed by atoms with Crippen LogP contribution in [0.25, 0.3) is 16.0 Å². The minimum atomic E-state index is -0.578. The van der Waals surface area contributed by atoms with Crippen LogP contribution in [0.15, 0.2) is 24.4 Å². The summed E-state index contributed by atoms with van der Waals surface area (Å²) in [7, 11) is 1.85. The van der Waals surface area contributed by atoms with E-state index in [1.54, 1.807) is 21.6 Å². The van der Waals surface area contributed by atoms with Crippen LogP contribution in [0.1, 0.15) is 62.7 Å². The van der Waals surface area contributed by atoms with Gasteiger partial charge in [-0.3, -0.25) is 9.20 Å². The first-order chi connectivity index (χ1) is 17.3. The SMILES string of the molecule is CSC(C)(C)CN(C)C(=O)c1cn2c(nc3ccc(CN(CC4CCCO4)C(=O)OC(C)(C)C)cc32)s1. The molecule has 1 atom stereocenters. The van der Waals surface area contributed by atoms with Crippen molar-refractivity contribution in [3.8, 4) is 0 Å². The maximum Gasteiger partial charge on any atom is 0.410 e. The second-order valence-corrected chi connectivity index (χ2v) is 13.8. The smallest absolute Gasteiger partial charge is 0.410 e. The summed E-state index contributed by atoms with van der Waals surface area (Å²) in [5.41, 5.74) is 2.16. The fourth-order valence-electron chi connectivity index (χ4n) is 4.43. The zero-order valence-electron chi connectivity index (χ0n) is 22.9. The normalized spacial score (nSPS) is 16.5. The predicted octanol–water partition coefficient (Wildman–Crippen LogP) is 5.68. The summed E-state index contributed by atoms with van der Waals surface area (Å²) in [5.74, 6) is -0.00501. The molecule has 0 bridgehead atoms. The van der Waals surface area contributed by atoms with E-state index in [-0.39, 0.29) is 22.9 Å². The van der Waals surface area contributed by atoms with Crippen LogP contribution in [0, 0.1) is 0 Å². The van der Waals surface area contributed by atoms with Crippen LogP contribution in [0.4, 0.5) is 4.79 Å². The molecule has 1 fully saturated rings. The van der Waals surface area contributed by atoms with Gasteiger partial charge in [0.15, 0.2) is 4.96 Å². The maximum absolute atomic E-state index is 13.1. The molecular formula is C27H38N4O4S2. The highest BCUT2D eigenvalue weighted by Crippen LogP contribution is 2.28. The van der Waals surface area contributed by atoms with Crippen LogP contribution in [-0.4, -0.2) is 80.6 Å². The molecule has 3 aromatic rings. The van der Waals surface area contributed by atoms with Gasteiger partial charge >= 0.3 is 6.09 Å². The van der Waals surface area contributed by atoms with Gasteiger partial charge in [0.25, 0.3) is 5.91 Å². The molecule has 3 heterocycles. The number of thioether (sulfide) groups is 1. The van der Waals surface area contributed by atoms with Crippen molar-refractivity contribution in [2.75, 3.05) is 33.0 Å². The lowest BCUT2D eigenvalue weighted by Crippen LogP contribution is -2.40. The van der Waals surface area contributed by atoms with E-state index < -0.39 is 5.60 Å². The quantitative estimate of drug-likeness (QED) is 0.362. The van der Waals surface area contributed by atoms with E-state index in [0.29, 0.717) is 24.5 Å². The number of hydrogen-bond acceptors (Lipinski definition) is 7. The zero-order chi connectivity index (χ0) is 27.0. The van der Waals surface area contributed by atoms with Crippen molar-refractivity contribution >= 4 is 51.1 Å². The van der Waals surface area contributed by atoms with E-state index in [4.69, 9.17) is 14.5 Å². The number of carbonyl (C=O) groups excluding carboxylic acids is 2. The van der Waals surface area contributed by atoms with Crippen molar-refractivity contribution in [3.63, 3.8) is 0 Å². The third-order valence-corrected chi connectivity index (χ3v) is 8.58. The molecule has 202 valence electrons. The Kier molecular flexibility index (Phi) is 8.11. The van der Waals surface area contributed by atoms with Crippen LogP contribution in [0.3, 0.4) is 0 Å². The first-order valence-electron chi connectivity index (χ1n) is 12.7. The van der Waals surface area contributed by atoms with Crippen LogP contribution in [0.2, 0.25) is 0 Å². The fourth-order valence-corrected chi connectivity index (χ4v) is 5.75. The minimum Gasteiger partial charge on any atom is -0.444 e. The number of benzene rings is 1. The molecular weight excluding hydrogens is 508 g/mol. The van der Waals surface area contributed by atoms with Gasteiger partial charge in [-0.05, 0) is 71.4 Å². The number of amides is 2. The number of carbonyl (C=O) groups is 2. The third kappa shape index (κ3) is 6.78. The zero-order valence-corrected chi connectivity index (χ0v) is 24.5. The van der Waals surface area contributed by atoms with Gasteiger partial charge in [-0.1, -0.05) is 17.4 Å². The molecule has 10 heteroatoms. The molecule has 1 aromatic carbocycles. The summed E-state index contributed by atoms with van der Waals surface area (Å²) >= 11 is 3.14. The van der Waals surface area contributed by atoms with Gasteiger partial charge in [0.2, 0.25) is 0 Å². The van der Waals surface area contributed by atoms with Gasteiger partial charge in [-0.25, -0.2) is 9.78 Å². The van der Waals surface area contributed by atoms with Crippen molar-refractivity contribution in [1.29, 1.82) is 0 Å². The Labute approximate surface area is 227 Å². The fraction of sp³-hybridized carbons (Fsp3) is 0.593. The Morgan fingerprint density at radius 2 is 2.03 bits per heavy atom. The summed E-state index contributed by atoms with van der Waals surface area (Å²) < 4.78 is 13.4. The number of ether oxygens (including phenoxy) is 2. The highest BCUT2D eigenvalue weighted by atomic mass is 32.2. The maximum atomic E-state index is 13.1. The van der Waals surface area contributed by atoms with E-state index in [0.717, 1.165) is 41.0 Å². The van der Waals surface area contributed by atoms with Gasteiger partial charge in [0, 0.05) is 37.7 Å². The molecule has 0 spiro atoms. The lowest BCUT2D eigenvalue weighted by Gasteiger charge is -2.29. The average molecular weight is 547 g/mol. The van der Waals surface area contributed by atoms with E-state index in [9.17, 15) is 9.59 Å². The molecule has 1 aliphatic rings. The number of imidazole rings is 1. The number of fused-ring (bicyclic) bond motifs is 3. The second kappa shape index (κ2) is 10.8.